The van der Waals surface area contributed by atoms with E-state index >= 15 is 0 Å². The van der Waals surface area contributed by atoms with Gasteiger partial charge >= 0.3 is 5.97 Å². The Morgan fingerprint density at radius 2 is 2.13 bits per heavy atom. The average molecular weight is 250 g/mol. The first-order valence-electron chi connectivity index (χ1n) is 4.06. The molecule has 1 aromatic rings. The normalized spacial score (nSPS) is 11.2. The van der Waals surface area contributed by atoms with Gasteiger partial charge in [-0.1, -0.05) is 23.2 Å². The zero-order valence-electron chi connectivity index (χ0n) is 8.12. The summed E-state index contributed by atoms with van der Waals surface area (Å²) in [4.78, 5) is 14.5. The third kappa shape index (κ3) is 2.97. The number of aromatic nitrogens is 1. The van der Waals surface area contributed by atoms with Gasteiger partial charge in [0.2, 0.25) is 0 Å². The van der Waals surface area contributed by atoms with Crippen LogP contribution >= 0.6 is 23.2 Å². The lowest BCUT2D eigenvalue weighted by Crippen LogP contribution is -2.38. The second-order valence-electron chi connectivity index (χ2n) is 3.36. The van der Waals surface area contributed by atoms with Crippen LogP contribution in [0.5, 0.6) is 5.75 Å². The number of hydrogen-bond acceptors (Lipinski definition) is 3. The van der Waals surface area contributed by atoms with Crippen molar-refractivity contribution in [1.82, 2.24) is 4.98 Å². The molecule has 82 valence electrons. The number of rotatable bonds is 3. The summed E-state index contributed by atoms with van der Waals surface area (Å²) in [6.45, 7) is 2.82. The van der Waals surface area contributed by atoms with E-state index < -0.39 is 11.6 Å². The van der Waals surface area contributed by atoms with Crippen molar-refractivity contribution in [1.29, 1.82) is 0 Å². The molecule has 0 unspecified atom stereocenters. The molecule has 0 aliphatic rings. The van der Waals surface area contributed by atoms with Crippen LogP contribution in [0, 0.1) is 0 Å². The van der Waals surface area contributed by atoms with Gasteiger partial charge in [-0.15, -0.1) is 0 Å². The van der Waals surface area contributed by atoms with Crippen LogP contribution in [0.15, 0.2) is 12.3 Å². The summed E-state index contributed by atoms with van der Waals surface area (Å²) in [6.07, 6.45) is 1.35. The number of carbonyl (C=O) groups is 1. The first-order chi connectivity index (χ1) is 6.83. The summed E-state index contributed by atoms with van der Waals surface area (Å²) in [5.74, 6) is -0.949. The monoisotopic (exact) mass is 249 g/mol. The van der Waals surface area contributed by atoms with E-state index in [1.165, 1.54) is 26.1 Å². The van der Waals surface area contributed by atoms with Gasteiger partial charge in [-0.05, 0) is 13.8 Å². The summed E-state index contributed by atoms with van der Waals surface area (Å²) in [5, 5.41) is 9.25. The van der Waals surface area contributed by atoms with E-state index in [2.05, 4.69) is 4.98 Å². The van der Waals surface area contributed by atoms with Gasteiger partial charge < -0.3 is 9.84 Å². The van der Waals surface area contributed by atoms with E-state index in [-0.39, 0.29) is 10.9 Å². The number of carboxylic acid groups (broad SMARTS) is 1. The maximum atomic E-state index is 10.8. The lowest BCUT2D eigenvalue weighted by Gasteiger charge is -2.21. The molecular weight excluding hydrogens is 241 g/mol. The minimum atomic E-state index is -1.38. The number of carboxylic acids is 1. The molecule has 15 heavy (non-hydrogen) atoms. The number of hydrogen-bond donors (Lipinski definition) is 1. The topological polar surface area (TPSA) is 59.4 Å². The molecule has 0 saturated heterocycles. The molecule has 0 fully saturated rings. The molecule has 0 aromatic carbocycles. The number of pyridine rings is 1. The Bertz CT molecular complexity index is 393. The minimum absolute atomic E-state index is 0.0775. The van der Waals surface area contributed by atoms with Crippen molar-refractivity contribution in [2.75, 3.05) is 0 Å². The van der Waals surface area contributed by atoms with Gasteiger partial charge in [0.05, 0.1) is 5.02 Å². The third-order valence-corrected chi connectivity index (χ3v) is 2.14. The molecule has 0 saturated carbocycles. The number of aliphatic carboxylic acids is 1. The number of nitrogens with zero attached hydrogens (tertiary/aromatic N) is 1. The Kier molecular flexibility index (Phi) is 3.42. The third-order valence-electron chi connectivity index (χ3n) is 1.65. The molecule has 0 aliphatic carbocycles. The minimum Gasteiger partial charge on any atom is -0.478 e. The molecule has 1 rings (SSSR count). The van der Waals surface area contributed by atoms with Crippen molar-refractivity contribution in [2.24, 2.45) is 0 Å². The first kappa shape index (κ1) is 12.1. The Labute approximate surface area is 96.8 Å². The van der Waals surface area contributed by atoms with Crippen LogP contribution in [-0.4, -0.2) is 21.7 Å². The van der Waals surface area contributed by atoms with Crippen molar-refractivity contribution in [2.45, 2.75) is 19.4 Å². The Morgan fingerprint density at radius 1 is 1.53 bits per heavy atom. The molecule has 1 heterocycles. The van der Waals surface area contributed by atoms with Crippen molar-refractivity contribution in [3.63, 3.8) is 0 Å². The first-order valence-corrected chi connectivity index (χ1v) is 4.82. The van der Waals surface area contributed by atoms with E-state index in [0.717, 1.165) is 0 Å². The van der Waals surface area contributed by atoms with Gasteiger partial charge in [0.25, 0.3) is 0 Å². The van der Waals surface area contributed by atoms with Gasteiger partial charge in [0.1, 0.15) is 0 Å². The van der Waals surface area contributed by atoms with Gasteiger partial charge in [0.15, 0.2) is 16.5 Å². The molecule has 4 nitrogen and oxygen atoms in total. The van der Waals surface area contributed by atoms with E-state index in [1.54, 1.807) is 0 Å². The van der Waals surface area contributed by atoms with Crippen LogP contribution in [0.2, 0.25) is 10.2 Å². The fourth-order valence-corrected chi connectivity index (χ4v) is 1.08. The molecule has 0 spiro atoms. The predicted octanol–water partition coefficient (Wildman–Crippen LogP) is 2.63. The SMILES string of the molecule is CC(C)(Oc1cc(Cl)cnc1Cl)C(=O)O. The molecule has 6 heteroatoms. The van der Waals surface area contributed by atoms with E-state index in [1.807, 2.05) is 0 Å². The van der Waals surface area contributed by atoms with Crippen LogP contribution < -0.4 is 4.74 Å². The molecule has 0 radical (unpaired) electrons. The van der Waals surface area contributed by atoms with Crippen molar-refractivity contribution in [3.05, 3.63) is 22.4 Å². The zero-order chi connectivity index (χ0) is 11.6. The van der Waals surface area contributed by atoms with Gasteiger partial charge in [-0.3, -0.25) is 0 Å². The van der Waals surface area contributed by atoms with Crippen molar-refractivity contribution >= 4 is 29.2 Å². The summed E-state index contributed by atoms with van der Waals surface area (Å²) in [5.41, 5.74) is -1.38. The highest BCUT2D eigenvalue weighted by atomic mass is 35.5. The molecule has 0 aliphatic heterocycles. The summed E-state index contributed by atoms with van der Waals surface area (Å²) in [6, 6.07) is 1.42. The number of halogens is 2. The summed E-state index contributed by atoms with van der Waals surface area (Å²) >= 11 is 11.4. The highest BCUT2D eigenvalue weighted by molar-refractivity contribution is 6.33. The van der Waals surface area contributed by atoms with Crippen LogP contribution in [0.4, 0.5) is 0 Å². The highest BCUT2D eigenvalue weighted by Gasteiger charge is 2.30. The predicted molar refractivity (Wildman–Crippen MR) is 56.6 cm³/mol. The maximum absolute atomic E-state index is 10.8. The molecule has 0 amide bonds. The lowest BCUT2D eigenvalue weighted by atomic mass is 10.1. The standard InChI is InChI=1S/C9H9Cl2NO3/c1-9(2,8(13)14)15-6-3-5(10)4-12-7(6)11/h3-4H,1-2H3,(H,13,14). The number of ether oxygens (including phenoxy) is 1. The second kappa shape index (κ2) is 4.24. The maximum Gasteiger partial charge on any atom is 0.347 e. The largest absolute Gasteiger partial charge is 0.478 e. The van der Waals surface area contributed by atoms with Gasteiger partial charge in [-0.25, -0.2) is 9.78 Å². The van der Waals surface area contributed by atoms with E-state index in [0.29, 0.717) is 5.02 Å². The molecule has 1 aromatic heterocycles. The fourth-order valence-electron chi connectivity index (χ4n) is 0.794. The zero-order valence-corrected chi connectivity index (χ0v) is 9.63. The van der Waals surface area contributed by atoms with Gasteiger partial charge in [-0.2, -0.15) is 0 Å². The van der Waals surface area contributed by atoms with Crippen LogP contribution in [0.1, 0.15) is 13.8 Å². The molecule has 0 atom stereocenters. The smallest absolute Gasteiger partial charge is 0.347 e. The lowest BCUT2D eigenvalue weighted by molar-refractivity contribution is -0.152. The molecular formula is C9H9Cl2NO3. The van der Waals surface area contributed by atoms with Crippen LogP contribution in [-0.2, 0) is 4.79 Å². The van der Waals surface area contributed by atoms with Crippen LogP contribution in [0.25, 0.3) is 0 Å². The fraction of sp³-hybridized carbons (Fsp3) is 0.333. The average Bonchev–Trinajstić information content (AvgIpc) is 2.10. The van der Waals surface area contributed by atoms with Crippen LogP contribution in [0.3, 0.4) is 0 Å². The molecule has 0 bridgehead atoms. The summed E-state index contributed by atoms with van der Waals surface area (Å²) < 4.78 is 5.20. The molecule has 1 N–H and O–H groups in total. The Balaban J connectivity index is 2.99. The highest BCUT2D eigenvalue weighted by Crippen LogP contribution is 2.28. The van der Waals surface area contributed by atoms with Crippen molar-refractivity contribution < 1.29 is 14.6 Å². The van der Waals surface area contributed by atoms with E-state index in [9.17, 15) is 4.79 Å². The van der Waals surface area contributed by atoms with E-state index in [4.69, 9.17) is 33.0 Å². The summed E-state index contributed by atoms with van der Waals surface area (Å²) in [7, 11) is 0. The quantitative estimate of drug-likeness (QED) is 0.837. The Morgan fingerprint density at radius 3 is 2.67 bits per heavy atom. The second-order valence-corrected chi connectivity index (χ2v) is 4.15. The van der Waals surface area contributed by atoms with Gasteiger partial charge in [0, 0.05) is 12.3 Å². The Hall–Kier alpha value is -1.00. The van der Waals surface area contributed by atoms with Crippen molar-refractivity contribution in [3.8, 4) is 5.75 Å².